The van der Waals surface area contributed by atoms with Crippen molar-refractivity contribution < 1.29 is 15.2 Å². The molecule has 1 aromatic rings. The minimum Gasteiger partial charge on any atom is -0.508 e. The number of phenolic OH excluding ortho intramolecular Hbond substituents is 2. The number of hydrogen-bond donors (Lipinski definition) is 4. The molecule has 0 atom stereocenters. The van der Waals surface area contributed by atoms with Crippen LogP contribution in [0.5, 0.6) is 11.5 Å². The van der Waals surface area contributed by atoms with E-state index in [0.29, 0.717) is 5.56 Å². The highest BCUT2D eigenvalue weighted by Crippen LogP contribution is 2.20. The van der Waals surface area contributed by atoms with Crippen LogP contribution in [0.15, 0.2) is 23.3 Å². The first-order valence-electron chi connectivity index (χ1n) is 6.16. The van der Waals surface area contributed by atoms with E-state index in [1.54, 1.807) is 6.07 Å². The van der Waals surface area contributed by atoms with Gasteiger partial charge in [0, 0.05) is 11.6 Å². The summed E-state index contributed by atoms with van der Waals surface area (Å²) in [5.41, 5.74) is 3.52. The zero-order valence-corrected chi connectivity index (χ0v) is 10.2. The van der Waals surface area contributed by atoms with Crippen LogP contribution >= 0.6 is 0 Å². The largest absolute Gasteiger partial charge is 0.508 e. The molecule has 0 unspecified atom stereocenters. The molecule has 0 spiro atoms. The highest BCUT2D eigenvalue weighted by Gasteiger charge is 2.08. The molecule has 1 aromatic carbocycles. The van der Waals surface area contributed by atoms with Crippen LogP contribution in [0.1, 0.15) is 31.2 Å². The average Bonchev–Trinajstić information content (AvgIpc) is 2.60. The molecule has 0 aliphatic carbocycles. The Labute approximate surface area is 106 Å². The molecular weight excluding hydrogens is 230 g/mol. The number of amidine groups is 1. The van der Waals surface area contributed by atoms with Crippen molar-refractivity contribution in [2.45, 2.75) is 25.7 Å². The monoisotopic (exact) mass is 248 g/mol. The number of aromatic hydroxyl groups is 2. The molecule has 18 heavy (non-hydrogen) atoms. The summed E-state index contributed by atoms with van der Waals surface area (Å²) < 4.78 is 0. The van der Waals surface area contributed by atoms with E-state index in [-0.39, 0.29) is 11.5 Å². The summed E-state index contributed by atoms with van der Waals surface area (Å²) in [6, 6.07) is 4.41. The fraction of sp³-hybridized carbons (Fsp3) is 0.385. The molecule has 1 aliphatic rings. The molecule has 2 rings (SSSR count). The van der Waals surface area contributed by atoms with Crippen LogP contribution in [0, 0.1) is 0 Å². The molecule has 0 aromatic heterocycles. The number of rotatable bonds is 2. The Morgan fingerprint density at radius 1 is 1.22 bits per heavy atom. The first-order chi connectivity index (χ1) is 8.75. The molecule has 1 heterocycles. The third-order valence-electron chi connectivity index (χ3n) is 2.86. The molecule has 0 fully saturated rings. The van der Waals surface area contributed by atoms with Gasteiger partial charge in [0.2, 0.25) is 0 Å². The van der Waals surface area contributed by atoms with Crippen LogP contribution < -0.4 is 10.4 Å². The fourth-order valence-electron chi connectivity index (χ4n) is 1.85. The second-order valence-corrected chi connectivity index (χ2v) is 4.33. The summed E-state index contributed by atoms with van der Waals surface area (Å²) in [4.78, 5) is 3.28. The van der Waals surface area contributed by atoms with Crippen LogP contribution in [0.4, 0.5) is 0 Å². The van der Waals surface area contributed by atoms with Crippen molar-refractivity contribution in [1.82, 2.24) is 5.43 Å². The summed E-state index contributed by atoms with van der Waals surface area (Å²) in [6.45, 7) is 0.975. The normalized spacial score (nSPS) is 16.3. The summed E-state index contributed by atoms with van der Waals surface area (Å²) in [7, 11) is 0. The SMILES string of the molecule is Oc1ccc(/C=N/NC2=[NH+]CCCCC2)c(O)c1. The van der Waals surface area contributed by atoms with E-state index >= 15 is 0 Å². The summed E-state index contributed by atoms with van der Waals surface area (Å²) in [5, 5.41) is 22.8. The predicted octanol–water partition coefficient (Wildman–Crippen LogP) is 0.0744. The van der Waals surface area contributed by atoms with Gasteiger partial charge in [-0.15, -0.1) is 0 Å². The Bertz CT molecular complexity index is 469. The average molecular weight is 248 g/mol. The molecule has 5 heteroatoms. The fourth-order valence-corrected chi connectivity index (χ4v) is 1.85. The van der Waals surface area contributed by atoms with Crippen molar-refractivity contribution >= 4 is 12.1 Å². The van der Waals surface area contributed by atoms with E-state index < -0.39 is 0 Å². The smallest absolute Gasteiger partial charge is 0.267 e. The molecule has 4 N–H and O–H groups in total. The van der Waals surface area contributed by atoms with Gasteiger partial charge in [-0.2, -0.15) is 5.43 Å². The Kier molecular flexibility index (Phi) is 4.17. The lowest BCUT2D eigenvalue weighted by Gasteiger charge is -1.98. The zero-order chi connectivity index (χ0) is 12.8. The summed E-state index contributed by atoms with van der Waals surface area (Å²) >= 11 is 0. The van der Waals surface area contributed by atoms with Crippen molar-refractivity contribution in [2.75, 3.05) is 6.54 Å². The standard InChI is InChI=1S/C13H17N3O2/c17-11-6-5-10(12(18)8-11)9-15-16-13-4-2-1-3-7-14-13/h5-6,8-9,17-18H,1-4,7H2,(H,14,16)/p+1/b15-9+. The van der Waals surface area contributed by atoms with E-state index in [2.05, 4.69) is 15.5 Å². The number of nitrogens with zero attached hydrogens (tertiary/aromatic N) is 1. The van der Waals surface area contributed by atoms with E-state index in [9.17, 15) is 5.11 Å². The maximum absolute atomic E-state index is 9.57. The third kappa shape index (κ3) is 3.48. The van der Waals surface area contributed by atoms with E-state index in [4.69, 9.17) is 5.11 Å². The summed E-state index contributed by atoms with van der Waals surface area (Å²) in [6.07, 6.45) is 6.09. The van der Waals surface area contributed by atoms with Gasteiger partial charge in [-0.05, 0) is 31.4 Å². The van der Waals surface area contributed by atoms with Crippen molar-refractivity contribution in [3.8, 4) is 11.5 Å². The van der Waals surface area contributed by atoms with Crippen molar-refractivity contribution in [1.29, 1.82) is 0 Å². The molecule has 0 bridgehead atoms. The van der Waals surface area contributed by atoms with Gasteiger partial charge >= 0.3 is 0 Å². The van der Waals surface area contributed by atoms with E-state index in [0.717, 1.165) is 25.2 Å². The molecule has 0 saturated heterocycles. The minimum atomic E-state index is 0.0133. The Balaban J connectivity index is 1.96. The van der Waals surface area contributed by atoms with Crippen LogP contribution in [-0.2, 0) is 0 Å². The highest BCUT2D eigenvalue weighted by atomic mass is 16.3. The molecular formula is C13H18N3O2+. The molecule has 0 amide bonds. The van der Waals surface area contributed by atoms with Gasteiger partial charge in [0.1, 0.15) is 11.5 Å². The minimum absolute atomic E-state index is 0.0133. The molecule has 96 valence electrons. The Morgan fingerprint density at radius 3 is 2.94 bits per heavy atom. The lowest BCUT2D eigenvalue weighted by molar-refractivity contribution is -0.459. The van der Waals surface area contributed by atoms with Gasteiger partial charge in [-0.1, -0.05) is 5.10 Å². The molecule has 0 saturated carbocycles. The Morgan fingerprint density at radius 2 is 2.11 bits per heavy atom. The first-order valence-corrected chi connectivity index (χ1v) is 6.16. The van der Waals surface area contributed by atoms with Crippen molar-refractivity contribution in [3.63, 3.8) is 0 Å². The van der Waals surface area contributed by atoms with Gasteiger partial charge in [-0.3, -0.25) is 4.99 Å². The number of nitrogens with one attached hydrogen (secondary N) is 2. The number of hydrogen-bond acceptors (Lipinski definition) is 4. The van der Waals surface area contributed by atoms with Crippen LogP contribution in [0.2, 0.25) is 0 Å². The van der Waals surface area contributed by atoms with Crippen LogP contribution in [0.25, 0.3) is 0 Å². The third-order valence-corrected chi connectivity index (χ3v) is 2.86. The van der Waals surface area contributed by atoms with E-state index in [1.165, 1.54) is 31.2 Å². The van der Waals surface area contributed by atoms with Crippen LogP contribution in [-0.4, -0.2) is 28.8 Å². The van der Waals surface area contributed by atoms with Gasteiger partial charge in [0.25, 0.3) is 5.84 Å². The lowest BCUT2D eigenvalue weighted by Crippen LogP contribution is -2.75. The molecule has 1 aliphatic heterocycles. The van der Waals surface area contributed by atoms with Gasteiger partial charge < -0.3 is 10.2 Å². The Hall–Kier alpha value is -2.04. The topological polar surface area (TPSA) is 78.8 Å². The maximum atomic E-state index is 9.57. The lowest BCUT2D eigenvalue weighted by atomic mass is 10.2. The molecule has 5 nitrogen and oxygen atoms in total. The number of benzene rings is 1. The number of hydrazone groups is 1. The predicted molar refractivity (Wildman–Crippen MR) is 69.8 cm³/mol. The highest BCUT2D eigenvalue weighted by molar-refractivity contribution is 5.85. The molecule has 0 radical (unpaired) electrons. The number of phenols is 2. The van der Waals surface area contributed by atoms with E-state index in [1.807, 2.05) is 0 Å². The van der Waals surface area contributed by atoms with Crippen molar-refractivity contribution in [3.05, 3.63) is 23.8 Å². The summed E-state index contributed by atoms with van der Waals surface area (Å²) in [5.74, 6) is 1.07. The van der Waals surface area contributed by atoms with Crippen molar-refractivity contribution in [2.24, 2.45) is 5.10 Å². The zero-order valence-electron chi connectivity index (χ0n) is 10.2. The van der Waals surface area contributed by atoms with Gasteiger partial charge in [0.15, 0.2) is 0 Å². The van der Waals surface area contributed by atoms with Gasteiger partial charge in [-0.25, -0.2) is 0 Å². The van der Waals surface area contributed by atoms with Gasteiger partial charge in [0.05, 0.1) is 19.2 Å². The second kappa shape index (κ2) is 6.05. The quantitative estimate of drug-likeness (QED) is 0.442. The van der Waals surface area contributed by atoms with Crippen LogP contribution in [0.3, 0.4) is 0 Å². The first kappa shape index (κ1) is 12.4. The second-order valence-electron chi connectivity index (χ2n) is 4.33. The maximum Gasteiger partial charge on any atom is 0.267 e.